The van der Waals surface area contributed by atoms with E-state index in [2.05, 4.69) is 10.6 Å². The number of aryl methyl sites for hydroxylation is 1. The van der Waals surface area contributed by atoms with Gasteiger partial charge in [-0.15, -0.1) is 0 Å². The topological polar surface area (TPSA) is 44.4 Å². The summed E-state index contributed by atoms with van der Waals surface area (Å²) in [7, 11) is 0. The maximum atomic E-state index is 13.5. The van der Waals surface area contributed by atoms with E-state index in [0.29, 0.717) is 36.5 Å². The summed E-state index contributed by atoms with van der Waals surface area (Å²) >= 11 is 0. The Bertz CT molecular complexity index is 972. The van der Waals surface area contributed by atoms with Crippen molar-refractivity contribution in [2.45, 2.75) is 31.7 Å². The molecule has 2 N–H and O–H groups in total. The van der Waals surface area contributed by atoms with E-state index in [1.54, 1.807) is 17.9 Å². The molecular formula is C22H22F7N3O. The Balaban J connectivity index is 1.71. The summed E-state index contributed by atoms with van der Waals surface area (Å²) in [5.41, 5.74) is -1.67. The van der Waals surface area contributed by atoms with Gasteiger partial charge in [0.1, 0.15) is 11.9 Å². The molecule has 2 aromatic rings. The molecule has 1 saturated heterocycles. The molecule has 0 aliphatic carbocycles. The second-order valence-corrected chi connectivity index (χ2v) is 7.80. The molecule has 0 bridgehead atoms. The molecule has 1 fully saturated rings. The molecule has 1 aliphatic heterocycles. The van der Waals surface area contributed by atoms with Crippen LogP contribution < -0.4 is 15.5 Å². The van der Waals surface area contributed by atoms with Crippen molar-refractivity contribution in [2.24, 2.45) is 0 Å². The van der Waals surface area contributed by atoms with Crippen molar-refractivity contribution in [1.82, 2.24) is 10.6 Å². The summed E-state index contributed by atoms with van der Waals surface area (Å²) in [5.74, 6) is -0.847. The minimum Gasteiger partial charge on any atom is -0.357 e. The van der Waals surface area contributed by atoms with E-state index in [0.717, 1.165) is 0 Å². The average Bonchev–Trinajstić information content (AvgIpc) is 2.72. The van der Waals surface area contributed by atoms with Gasteiger partial charge in [0.25, 0.3) is 0 Å². The normalized spacial score (nSPS) is 17.2. The number of rotatable bonds is 5. The molecule has 0 saturated carbocycles. The van der Waals surface area contributed by atoms with Gasteiger partial charge in [0, 0.05) is 31.9 Å². The van der Waals surface area contributed by atoms with E-state index in [4.69, 9.17) is 0 Å². The number of carbonyl (C=O) groups is 1. The minimum atomic E-state index is -4.93. The predicted octanol–water partition coefficient (Wildman–Crippen LogP) is 4.31. The summed E-state index contributed by atoms with van der Waals surface area (Å²) in [5, 5.41) is 5.67. The Hall–Kier alpha value is -2.82. The molecule has 4 nitrogen and oxygen atoms in total. The van der Waals surface area contributed by atoms with Crippen LogP contribution in [0.5, 0.6) is 0 Å². The smallest absolute Gasteiger partial charge is 0.357 e. The zero-order valence-electron chi connectivity index (χ0n) is 17.6. The van der Waals surface area contributed by atoms with Crippen LogP contribution >= 0.6 is 0 Å². The number of benzene rings is 2. The molecule has 1 aliphatic rings. The Morgan fingerprint density at radius 3 is 2.27 bits per heavy atom. The lowest BCUT2D eigenvalue weighted by Gasteiger charge is -2.37. The van der Waals surface area contributed by atoms with Crippen LogP contribution in [0.3, 0.4) is 0 Å². The van der Waals surface area contributed by atoms with Gasteiger partial charge in [0.15, 0.2) is 0 Å². The van der Waals surface area contributed by atoms with Crippen LogP contribution in [0.25, 0.3) is 0 Å². The number of piperazine rings is 1. The van der Waals surface area contributed by atoms with Gasteiger partial charge in [-0.25, -0.2) is 4.39 Å². The van der Waals surface area contributed by atoms with Crippen molar-refractivity contribution >= 4 is 11.6 Å². The van der Waals surface area contributed by atoms with Crippen molar-refractivity contribution in [3.05, 3.63) is 64.5 Å². The van der Waals surface area contributed by atoms with E-state index in [-0.39, 0.29) is 31.1 Å². The quantitative estimate of drug-likeness (QED) is 0.631. The molecule has 1 heterocycles. The van der Waals surface area contributed by atoms with Crippen LogP contribution in [0, 0.1) is 12.7 Å². The molecule has 0 aromatic heterocycles. The van der Waals surface area contributed by atoms with Crippen LogP contribution in [-0.4, -0.2) is 38.1 Å². The van der Waals surface area contributed by atoms with Gasteiger partial charge in [-0.05, 0) is 60.9 Å². The Kier molecular flexibility index (Phi) is 7.20. The molecule has 0 spiro atoms. The van der Waals surface area contributed by atoms with Crippen LogP contribution in [-0.2, 0) is 23.6 Å². The second-order valence-electron chi connectivity index (χ2n) is 7.80. The van der Waals surface area contributed by atoms with Gasteiger partial charge < -0.3 is 15.5 Å². The number of nitrogens with one attached hydrogen (secondary N) is 2. The number of carbonyl (C=O) groups excluding carboxylic acids is 1. The monoisotopic (exact) mass is 477 g/mol. The van der Waals surface area contributed by atoms with Crippen molar-refractivity contribution in [2.75, 3.05) is 31.1 Å². The van der Waals surface area contributed by atoms with E-state index < -0.39 is 41.2 Å². The molecule has 180 valence electrons. The summed E-state index contributed by atoms with van der Waals surface area (Å²) in [6, 6.07) is 4.89. The number of alkyl halides is 6. The highest BCUT2D eigenvalue weighted by molar-refractivity contribution is 5.86. The summed E-state index contributed by atoms with van der Waals surface area (Å²) < 4.78 is 91.6. The van der Waals surface area contributed by atoms with Gasteiger partial charge in [-0.3, -0.25) is 4.79 Å². The van der Waals surface area contributed by atoms with Crippen LogP contribution in [0.15, 0.2) is 36.4 Å². The first-order valence-corrected chi connectivity index (χ1v) is 10.2. The van der Waals surface area contributed by atoms with Crippen LogP contribution in [0.2, 0.25) is 0 Å². The van der Waals surface area contributed by atoms with Crippen molar-refractivity contribution in [3.8, 4) is 0 Å². The number of halogens is 7. The highest BCUT2D eigenvalue weighted by Gasteiger charge is 2.37. The van der Waals surface area contributed by atoms with Crippen LogP contribution in [0.1, 0.15) is 22.3 Å². The zero-order valence-corrected chi connectivity index (χ0v) is 17.6. The second kappa shape index (κ2) is 9.58. The van der Waals surface area contributed by atoms with Crippen molar-refractivity contribution in [1.29, 1.82) is 0 Å². The standard InChI is InChI=1S/C22H22F7N3O/c1-13-8-17(23)2-3-18(13)32-7-6-30-12-19(32)20(33)31-5-4-14-9-15(21(24,25)26)11-16(10-14)22(27,28)29/h2-3,8-11,19,30H,4-7,12H2,1H3,(H,31,33). The minimum absolute atomic E-state index is 0.0681. The Morgan fingerprint density at radius 1 is 1.06 bits per heavy atom. The van der Waals surface area contributed by atoms with E-state index in [1.165, 1.54) is 12.1 Å². The maximum absolute atomic E-state index is 13.5. The van der Waals surface area contributed by atoms with E-state index >= 15 is 0 Å². The maximum Gasteiger partial charge on any atom is 0.416 e. The number of hydrogen-bond donors (Lipinski definition) is 2. The Morgan fingerprint density at radius 2 is 1.70 bits per heavy atom. The average molecular weight is 477 g/mol. The lowest BCUT2D eigenvalue weighted by Crippen LogP contribution is -2.58. The molecule has 1 amide bonds. The molecular weight excluding hydrogens is 455 g/mol. The largest absolute Gasteiger partial charge is 0.416 e. The van der Waals surface area contributed by atoms with Gasteiger partial charge in [-0.1, -0.05) is 0 Å². The fourth-order valence-electron chi connectivity index (χ4n) is 3.78. The zero-order chi connectivity index (χ0) is 24.4. The fraction of sp³-hybridized carbons (Fsp3) is 0.409. The van der Waals surface area contributed by atoms with Crippen LogP contribution in [0.4, 0.5) is 36.4 Å². The van der Waals surface area contributed by atoms with E-state index in [9.17, 15) is 35.5 Å². The summed E-state index contributed by atoms with van der Waals surface area (Å²) in [6.07, 6.45) is -10.1. The highest BCUT2D eigenvalue weighted by atomic mass is 19.4. The molecule has 11 heteroatoms. The summed E-state index contributed by atoms with van der Waals surface area (Å²) in [6.45, 7) is 2.90. The van der Waals surface area contributed by atoms with E-state index in [1.807, 2.05) is 0 Å². The lowest BCUT2D eigenvalue weighted by molar-refractivity contribution is -0.143. The molecule has 33 heavy (non-hydrogen) atoms. The molecule has 0 radical (unpaired) electrons. The van der Waals surface area contributed by atoms with Crippen molar-refractivity contribution in [3.63, 3.8) is 0 Å². The number of anilines is 1. The Labute approximate surface area is 185 Å². The lowest BCUT2D eigenvalue weighted by atomic mass is 10.0. The third-order valence-electron chi connectivity index (χ3n) is 5.37. The van der Waals surface area contributed by atoms with Gasteiger partial charge >= 0.3 is 12.4 Å². The third-order valence-corrected chi connectivity index (χ3v) is 5.37. The van der Waals surface area contributed by atoms with Gasteiger partial charge in [-0.2, -0.15) is 26.3 Å². The number of hydrogen-bond acceptors (Lipinski definition) is 3. The molecule has 1 atom stereocenters. The van der Waals surface area contributed by atoms with Gasteiger partial charge in [0.05, 0.1) is 11.1 Å². The number of nitrogens with zero attached hydrogens (tertiary/aromatic N) is 1. The first-order valence-electron chi connectivity index (χ1n) is 10.2. The molecule has 3 rings (SSSR count). The predicted molar refractivity (Wildman–Crippen MR) is 108 cm³/mol. The first-order chi connectivity index (χ1) is 15.4. The molecule has 2 aromatic carbocycles. The SMILES string of the molecule is Cc1cc(F)ccc1N1CCNCC1C(=O)NCCc1cc(C(F)(F)F)cc(C(F)(F)F)c1. The number of amides is 1. The fourth-order valence-corrected chi connectivity index (χ4v) is 3.78. The van der Waals surface area contributed by atoms with Gasteiger partial charge in [0.2, 0.25) is 5.91 Å². The van der Waals surface area contributed by atoms with Crippen molar-refractivity contribution < 1.29 is 35.5 Å². The highest BCUT2D eigenvalue weighted by Crippen LogP contribution is 2.36. The summed E-state index contributed by atoms with van der Waals surface area (Å²) in [4.78, 5) is 14.6. The first kappa shape index (κ1) is 24.8. The molecule has 1 unspecified atom stereocenters. The third kappa shape index (κ3) is 6.16.